The van der Waals surface area contributed by atoms with E-state index in [2.05, 4.69) is 34.4 Å². The van der Waals surface area contributed by atoms with E-state index in [1.54, 1.807) is 0 Å². The Bertz CT molecular complexity index is 976. The van der Waals surface area contributed by atoms with Gasteiger partial charge in [0.1, 0.15) is 17.8 Å². The number of carbonyl (C=O) groups excluding carboxylic acids is 1. The lowest BCUT2D eigenvalue weighted by molar-refractivity contribution is 0.102. The second-order valence-electron chi connectivity index (χ2n) is 6.24. The number of nitrogens with one attached hydrogen (secondary N) is 2. The van der Waals surface area contributed by atoms with Crippen LogP contribution in [0.1, 0.15) is 35.8 Å². The van der Waals surface area contributed by atoms with Crippen LogP contribution in [0.3, 0.4) is 0 Å². The van der Waals surface area contributed by atoms with Gasteiger partial charge in [-0.25, -0.2) is 18.7 Å². The molecule has 3 aromatic rings. The number of anilines is 3. The van der Waals surface area contributed by atoms with Crippen LogP contribution in [0.5, 0.6) is 0 Å². The summed E-state index contributed by atoms with van der Waals surface area (Å²) < 4.78 is 26.3. The molecule has 7 heteroatoms. The first-order valence-corrected chi connectivity index (χ1v) is 8.38. The van der Waals surface area contributed by atoms with Gasteiger partial charge in [0, 0.05) is 23.5 Å². The third kappa shape index (κ3) is 4.44. The Morgan fingerprint density at radius 2 is 1.78 bits per heavy atom. The van der Waals surface area contributed by atoms with Crippen molar-refractivity contribution in [2.45, 2.75) is 19.8 Å². The lowest BCUT2D eigenvalue weighted by atomic mass is 10.0. The molecule has 0 unspecified atom stereocenters. The summed E-state index contributed by atoms with van der Waals surface area (Å²) in [6.07, 6.45) is 1.26. The maximum atomic E-state index is 13.3. The molecule has 0 saturated heterocycles. The van der Waals surface area contributed by atoms with Crippen molar-refractivity contribution in [2.75, 3.05) is 10.6 Å². The van der Waals surface area contributed by atoms with E-state index >= 15 is 0 Å². The molecule has 0 bridgehead atoms. The van der Waals surface area contributed by atoms with E-state index in [4.69, 9.17) is 0 Å². The number of para-hydroxylation sites is 1. The molecule has 0 saturated carbocycles. The Kier molecular flexibility index (Phi) is 5.40. The van der Waals surface area contributed by atoms with Gasteiger partial charge in [0.25, 0.3) is 5.91 Å². The zero-order valence-electron chi connectivity index (χ0n) is 14.8. The molecule has 0 atom stereocenters. The molecule has 2 aromatic carbocycles. The molecule has 2 N–H and O–H groups in total. The Hall–Kier alpha value is -3.35. The van der Waals surface area contributed by atoms with Crippen molar-refractivity contribution in [3.63, 3.8) is 0 Å². The van der Waals surface area contributed by atoms with Crippen molar-refractivity contribution in [1.29, 1.82) is 0 Å². The van der Waals surface area contributed by atoms with Crippen LogP contribution in [0.4, 0.5) is 26.0 Å². The molecule has 3 rings (SSSR count). The molecular formula is C20H18F2N4O. The van der Waals surface area contributed by atoms with Gasteiger partial charge in [-0.3, -0.25) is 4.79 Å². The Balaban J connectivity index is 1.79. The van der Waals surface area contributed by atoms with Crippen LogP contribution in [-0.2, 0) is 0 Å². The van der Waals surface area contributed by atoms with Crippen LogP contribution in [0, 0.1) is 11.6 Å². The first-order valence-electron chi connectivity index (χ1n) is 8.38. The standard InChI is InChI=1S/C20H18F2N4O/c1-12(2)14-5-3-4-6-17(14)26-19-10-18(23-11-24-19)20(27)25-13-7-8-15(21)16(22)9-13/h3-12H,1-2H3,(H,25,27)(H,23,24,26). The first kappa shape index (κ1) is 18.4. The highest BCUT2D eigenvalue weighted by Gasteiger charge is 2.12. The number of nitrogens with zero attached hydrogens (tertiary/aromatic N) is 2. The minimum Gasteiger partial charge on any atom is -0.340 e. The van der Waals surface area contributed by atoms with Gasteiger partial charge >= 0.3 is 0 Å². The van der Waals surface area contributed by atoms with Gasteiger partial charge in [0.2, 0.25) is 0 Å². The van der Waals surface area contributed by atoms with Gasteiger partial charge in [0.15, 0.2) is 11.6 Å². The largest absolute Gasteiger partial charge is 0.340 e. The predicted molar refractivity (Wildman–Crippen MR) is 100 cm³/mol. The van der Waals surface area contributed by atoms with E-state index in [0.29, 0.717) is 11.7 Å². The van der Waals surface area contributed by atoms with Crippen molar-refractivity contribution in [1.82, 2.24) is 9.97 Å². The molecule has 1 heterocycles. The number of aromatic nitrogens is 2. The average molecular weight is 368 g/mol. The van der Waals surface area contributed by atoms with Gasteiger partial charge in [-0.2, -0.15) is 0 Å². The Labute approximate surface area is 155 Å². The van der Waals surface area contributed by atoms with Gasteiger partial charge in [0.05, 0.1) is 0 Å². The summed E-state index contributed by atoms with van der Waals surface area (Å²) in [4.78, 5) is 20.4. The summed E-state index contributed by atoms with van der Waals surface area (Å²) in [6, 6.07) is 12.4. The van der Waals surface area contributed by atoms with Crippen LogP contribution in [-0.4, -0.2) is 15.9 Å². The first-order chi connectivity index (χ1) is 12.9. The van der Waals surface area contributed by atoms with Crippen molar-refractivity contribution in [3.05, 3.63) is 77.8 Å². The van der Waals surface area contributed by atoms with Gasteiger partial charge in [-0.05, 0) is 29.7 Å². The molecule has 5 nitrogen and oxygen atoms in total. The van der Waals surface area contributed by atoms with Crippen molar-refractivity contribution in [3.8, 4) is 0 Å². The van der Waals surface area contributed by atoms with Crippen LogP contribution < -0.4 is 10.6 Å². The molecule has 27 heavy (non-hydrogen) atoms. The van der Waals surface area contributed by atoms with Crippen LogP contribution in [0.15, 0.2) is 54.9 Å². The molecule has 1 aromatic heterocycles. The SMILES string of the molecule is CC(C)c1ccccc1Nc1cc(C(=O)Nc2ccc(F)c(F)c2)ncn1. The molecule has 0 aliphatic rings. The van der Waals surface area contributed by atoms with E-state index in [9.17, 15) is 13.6 Å². The number of carbonyl (C=O) groups is 1. The lowest BCUT2D eigenvalue weighted by Gasteiger charge is -2.14. The second-order valence-corrected chi connectivity index (χ2v) is 6.24. The van der Waals surface area contributed by atoms with Gasteiger partial charge in [-0.1, -0.05) is 32.0 Å². The number of halogens is 2. The van der Waals surface area contributed by atoms with Crippen LogP contribution in [0.2, 0.25) is 0 Å². The third-order valence-electron chi connectivity index (χ3n) is 3.92. The summed E-state index contributed by atoms with van der Waals surface area (Å²) in [7, 11) is 0. The Morgan fingerprint density at radius 3 is 2.52 bits per heavy atom. The number of amides is 1. The highest BCUT2D eigenvalue weighted by molar-refractivity contribution is 6.03. The average Bonchev–Trinajstić information content (AvgIpc) is 2.65. The maximum Gasteiger partial charge on any atom is 0.274 e. The van der Waals surface area contributed by atoms with E-state index in [0.717, 1.165) is 23.4 Å². The number of benzene rings is 2. The van der Waals surface area contributed by atoms with Crippen LogP contribution >= 0.6 is 0 Å². The quantitative estimate of drug-likeness (QED) is 0.674. The molecule has 0 radical (unpaired) electrons. The number of hydrogen-bond donors (Lipinski definition) is 2. The molecule has 0 spiro atoms. The zero-order chi connectivity index (χ0) is 19.4. The lowest BCUT2D eigenvalue weighted by Crippen LogP contribution is -2.14. The number of rotatable bonds is 5. The summed E-state index contributed by atoms with van der Waals surface area (Å²) in [5, 5.41) is 5.67. The molecule has 0 aliphatic heterocycles. The summed E-state index contributed by atoms with van der Waals surface area (Å²) in [5.41, 5.74) is 2.23. The molecule has 1 amide bonds. The molecule has 0 fully saturated rings. The monoisotopic (exact) mass is 368 g/mol. The molecular weight excluding hydrogens is 350 g/mol. The topological polar surface area (TPSA) is 66.9 Å². The normalized spacial score (nSPS) is 10.7. The predicted octanol–water partition coefficient (Wildman–Crippen LogP) is 4.87. The highest BCUT2D eigenvalue weighted by Crippen LogP contribution is 2.26. The fraction of sp³-hybridized carbons (Fsp3) is 0.150. The smallest absolute Gasteiger partial charge is 0.274 e. The fourth-order valence-corrected chi connectivity index (χ4v) is 2.57. The second kappa shape index (κ2) is 7.90. The highest BCUT2D eigenvalue weighted by atomic mass is 19.2. The molecule has 138 valence electrons. The molecule has 0 aliphatic carbocycles. The minimum absolute atomic E-state index is 0.0965. The summed E-state index contributed by atoms with van der Waals surface area (Å²) in [5.74, 6) is -1.81. The summed E-state index contributed by atoms with van der Waals surface area (Å²) in [6.45, 7) is 4.17. The summed E-state index contributed by atoms with van der Waals surface area (Å²) >= 11 is 0. The van der Waals surface area contributed by atoms with Crippen LogP contribution in [0.25, 0.3) is 0 Å². The van der Waals surface area contributed by atoms with Crippen molar-refractivity contribution in [2.24, 2.45) is 0 Å². The van der Waals surface area contributed by atoms with Gasteiger partial charge < -0.3 is 10.6 Å². The van der Waals surface area contributed by atoms with Crippen molar-refractivity contribution < 1.29 is 13.6 Å². The fourth-order valence-electron chi connectivity index (χ4n) is 2.57. The van der Waals surface area contributed by atoms with E-state index in [-0.39, 0.29) is 11.4 Å². The zero-order valence-corrected chi connectivity index (χ0v) is 14.8. The maximum absolute atomic E-state index is 13.3. The van der Waals surface area contributed by atoms with Crippen molar-refractivity contribution >= 4 is 23.1 Å². The van der Waals surface area contributed by atoms with E-state index in [1.807, 2.05) is 24.3 Å². The Morgan fingerprint density at radius 1 is 1.00 bits per heavy atom. The van der Waals surface area contributed by atoms with Gasteiger partial charge in [-0.15, -0.1) is 0 Å². The number of hydrogen-bond acceptors (Lipinski definition) is 4. The van der Waals surface area contributed by atoms with E-state index in [1.165, 1.54) is 18.5 Å². The minimum atomic E-state index is -1.04. The van der Waals surface area contributed by atoms with E-state index < -0.39 is 17.5 Å². The third-order valence-corrected chi connectivity index (χ3v) is 3.92.